The first-order chi connectivity index (χ1) is 9.86. The van der Waals surface area contributed by atoms with Gasteiger partial charge in [-0.25, -0.2) is 12.7 Å². The fraction of sp³-hybridized carbons (Fsp3) is 1.00. The predicted octanol–water partition coefficient (Wildman–Crippen LogP) is 2.38. The first-order valence-corrected chi connectivity index (χ1v) is 10.4. The van der Waals surface area contributed by atoms with Crippen molar-refractivity contribution < 1.29 is 13.5 Å². The van der Waals surface area contributed by atoms with Gasteiger partial charge in [0.25, 0.3) is 0 Å². The largest absolute Gasteiger partial charge is 0.390 e. The zero-order valence-corrected chi connectivity index (χ0v) is 13.9. The van der Waals surface area contributed by atoms with Crippen LogP contribution in [0, 0.1) is 17.8 Å². The third-order valence-electron chi connectivity index (χ3n) is 5.77. The molecule has 0 bridgehead atoms. The summed E-state index contributed by atoms with van der Waals surface area (Å²) in [4.78, 5) is 0. The van der Waals surface area contributed by atoms with Crippen LogP contribution in [0.2, 0.25) is 0 Å². The lowest BCUT2D eigenvalue weighted by Crippen LogP contribution is -2.44. The quantitative estimate of drug-likeness (QED) is 0.866. The second-order valence-electron chi connectivity index (χ2n) is 7.75. The molecule has 0 amide bonds. The van der Waals surface area contributed by atoms with E-state index in [0.717, 1.165) is 50.4 Å². The van der Waals surface area contributed by atoms with Crippen LogP contribution in [-0.4, -0.2) is 42.8 Å². The van der Waals surface area contributed by atoms with Crippen molar-refractivity contribution in [3.05, 3.63) is 0 Å². The van der Waals surface area contributed by atoms with E-state index in [0.29, 0.717) is 19.0 Å². The zero-order chi connectivity index (χ0) is 15.1. The highest BCUT2D eigenvalue weighted by atomic mass is 32.2. The van der Waals surface area contributed by atoms with Gasteiger partial charge in [-0.15, -0.1) is 0 Å². The summed E-state index contributed by atoms with van der Waals surface area (Å²) >= 11 is 0. The molecule has 0 radical (unpaired) electrons. The SMILES string of the molecule is CS(=O)(=O)N1CCCC(CC2(O)CCCC(C3CC3)C2)C1. The fourth-order valence-electron chi connectivity index (χ4n) is 4.57. The van der Waals surface area contributed by atoms with Crippen molar-refractivity contribution in [2.75, 3.05) is 19.3 Å². The number of sulfonamides is 1. The van der Waals surface area contributed by atoms with Crippen LogP contribution in [0.3, 0.4) is 0 Å². The molecule has 0 spiro atoms. The Morgan fingerprint density at radius 2 is 1.90 bits per heavy atom. The lowest BCUT2D eigenvalue weighted by atomic mass is 9.71. The lowest BCUT2D eigenvalue weighted by Gasteiger charge is -2.41. The van der Waals surface area contributed by atoms with Gasteiger partial charge in [-0.2, -0.15) is 0 Å². The third kappa shape index (κ3) is 3.99. The average Bonchev–Trinajstić information content (AvgIpc) is 3.21. The molecule has 1 heterocycles. The van der Waals surface area contributed by atoms with Crippen LogP contribution in [0.1, 0.15) is 57.8 Å². The first-order valence-electron chi connectivity index (χ1n) is 8.53. The van der Waals surface area contributed by atoms with Crippen molar-refractivity contribution in [3.8, 4) is 0 Å². The molecule has 0 aromatic rings. The molecule has 5 heteroatoms. The van der Waals surface area contributed by atoms with E-state index < -0.39 is 15.6 Å². The van der Waals surface area contributed by atoms with Crippen molar-refractivity contribution in [2.24, 2.45) is 17.8 Å². The monoisotopic (exact) mass is 315 g/mol. The van der Waals surface area contributed by atoms with Gasteiger partial charge in [0.05, 0.1) is 11.9 Å². The molecule has 1 saturated heterocycles. The van der Waals surface area contributed by atoms with Crippen LogP contribution >= 0.6 is 0 Å². The first kappa shape index (κ1) is 15.8. The van der Waals surface area contributed by atoms with Crippen LogP contribution in [0.5, 0.6) is 0 Å². The zero-order valence-electron chi connectivity index (χ0n) is 13.1. The number of hydrogen-bond acceptors (Lipinski definition) is 3. The molecule has 0 aromatic carbocycles. The van der Waals surface area contributed by atoms with Crippen LogP contribution in [-0.2, 0) is 10.0 Å². The molecule has 122 valence electrons. The molecule has 4 nitrogen and oxygen atoms in total. The number of hydrogen-bond donors (Lipinski definition) is 1. The highest BCUT2D eigenvalue weighted by Gasteiger charge is 2.42. The lowest BCUT2D eigenvalue weighted by molar-refractivity contribution is -0.0435. The summed E-state index contributed by atoms with van der Waals surface area (Å²) in [5, 5.41) is 11.0. The van der Waals surface area contributed by atoms with E-state index >= 15 is 0 Å². The Morgan fingerprint density at radius 1 is 1.14 bits per heavy atom. The van der Waals surface area contributed by atoms with Gasteiger partial charge in [0.15, 0.2) is 0 Å². The summed E-state index contributed by atoms with van der Waals surface area (Å²) in [6, 6.07) is 0. The summed E-state index contributed by atoms with van der Waals surface area (Å²) < 4.78 is 25.0. The molecular formula is C16H29NO3S. The van der Waals surface area contributed by atoms with Crippen LogP contribution in [0.15, 0.2) is 0 Å². The van der Waals surface area contributed by atoms with Crippen molar-refractivity contribution in [3.63, 3.8) is 0 Å². The molecule has 2 saturated carbocycles. The highest BCUT2D eigenvalue weighted by molar-refractivity contribution is 7.88. The molecule has 3 fully saturated rings. The van der Waals surface area contributed by atoms with E-state index in [1.54, 1.807) is 4.31 Å². The van der Waals surface area contributed by atoms with Gasteiger partial charge < -0.3 is 5.11 Å². The maximum Gasteiger partial charge on any atom is 0.211 e. The van der Waals surface area contributed by atoms with E-state index in [1.165, 1.54) is 25.5 Å². The van der Waals surface area contributed by atoms with Gasteiger partial charge in [0.2, 0.25) is 10.0 Å². The minimum Gasteiger partial charge on any atom is -0.390 e. The van der Waals surface area contributed by atoms with E-state index in [-0.39, 0.29) is 0 Å². The van der Waals surface area contributed by atoms with Gasteiger partial charge in [-0.3, -0.25) is 0 Å². The number of aliphatic hydroxyl groups is 1. The normalized spacial score (nSPS) is 39.3. The maximum atomic E-state index is 11.7. The molecule has 3 atom stereocenters. The van der Waals surface area contributed by atoms with Crippen molar-refractivity contribution >= 4 is 10.0 Å². The molecule has 1 N–H and O–H groups in total. The number of nitrogens with zero attached hydrogens (tertiary/aromatic N) is 1. The molecule has 3 rings (SSSR count). The van der Waals surface area contributed by atoms with Crippen LogP contribution < -0.4 is 0 Å². The summed E-state index contributed by atoms with van der Waals surface area (Å²) in [7, 11) is -3.08. The van der Waals surface area contributed by atoms with Crippen molar-refractivity contribution in [1.29, 1.82) is 0 Å². The average molecular weight is 315 g/mol. The van der Waals surface area contributed by atoms with Crippen LogP contribution in [0.25, 0.3) is 0 Å². The number of rotatable bonds is 4. The van der Waals surface area contributed by atoms with E-state index in [4.69, 9.17) is 0 Å². The predicted molar refractivity (Wildman–Crippen MR) is 83.4 cm³/mol. The Kier molecular flexibility index (Phi) is 4.37. The smallest absolute Gasteiger partial charge is 0.211 e. The van der Waals surface area contributed by atoms with E-state index in [1.807, 2.05) is 0 Å². The Labute approximate surface area is 129 Å². The topological polar surface area (TPSA) is 57.6 Å². The molecule has 1 aliphatic heterocycles. The third-order valence-corrected chi connectivity index (χ3v) is 7.04. The summed E-state index contributed by atoms with van der Waals surface area (Å²) in [5.74, 6) is 1.92. The minimum absolute atomic E-state index is 0.330. The standard InChI is InChI=1S/C16H29NO3S/c1-21(19,20)17-9-3-4-13(12-17)10-16(18)8-2-5-15(11-16)14-6-7-14/h13-15,18H,2-12H2,1H3. The fourth-order valence-corrected chi connectivity index (χ4v) is 5.52. The maximum absolute atomic E-state index is 11.7. The number of piperidine rings is 1. The highest BCUT2D eigenvalue weighted by Crippen LogP contribution is 2.48. The van der Waals surface area contributed by atoms with Gasteiger partial charge in [-0.1, -0.05) is 6.42 Å². The summed E-state index contributed by atoms with van der Waals surface area (Å²) in [6.45, 7) is 1.26. The molecular weight excluding hydrogens is 286 g/mol. The van der Waals surface area contributed by atoms with Crippen molar-refractivity contribution in [1.82, 2.24) is 4.31 Å². The second kappa shape index (κ2) is 5.82. The summed E-state index contributed by atoms with van der Waals surface area (Å²) in [6.07, 6.45) is 11.1. The van der Waals surface area contributed by atoms with Crippen LogP contribution in [0.4, 0.5) is 0 Å². The van der Waals surface area contributed by atoms with Crippen molar-refractivity contribution in [2.45, 2.75) is 63.4 Å². The molecule has 2 aliphatic carbocycles. The second-order valence-corrected chi connectivity index (χ2v) is 9.73. The molecule has 0 aromatic heterocycles. The van der Waals surface area contributed by atoms with Gasteiger partial charge in [0.1, 0.15) is 0 Å². The molecule has 3 aliphatic rings. The molecule has 3 unspecified atom stereocenters. The Hall–Kier alpha value is -0.130. The summed E-state index contributed by atoms with van der Waals surface area (Å²) in [5.41, 5.74) is -0.531. The van der Waals surface area contributed by atoms with E-state index in [2.05, 4.69) is 0 Å². The Morgan fingerprint density at radius 3 is 2.57 bits per heavy atom. The van der Waals surface area contributed by atoms with Gasteiger partial charge in [-0.05, 0) is 69.1 Å². The Bertz CT molecular complexity index is 474. The molecule has 21 heavy (non-hydrogen) atoms. The van der Waals surface area contributed by atoms with Gasteiger partial charge >= 0.3 is 0 Å². The van der Waals surface area contributed by atoms with Gasteiger partial charge in [0, 0.05) is 13.1 Å². The Balaban J connectivity index is 1.59. The minimum atomic E-state index is -3.08. The van der Waals surface area contributed by atoms with E-state index in [9.17, 15) is 13.5 Å².